The summed E-state index contributed by atoms with van der Waals surface area (Å²) >= 11 is 12.6. The van der Waals surface area contributed by atoms with Crippen LogP contribution < -0.4 is 4.74 Å². The van der Waals surface area contributed by atoms with Crippen molar-refractivity contribution in [3.8, 4) is 5.75 Å². The molecule has 2 aliphatic rings. The van der Waals surface area contributed by atoms with Gasteiger partial charge in [-0.05, 0) is 87.9 Å². The lowest BCUT2D eigenvalue weighted by molar-refractivity contribution is -0.151. The molecule has 1 N–H and O–H groups in total. The fourth-order valence-corrected chi connectivity index (χ4v) is 6.17. The Morgan fingerprint density at radius 3 is 2.30 bits per heavy atom. The number of halogens is 3. The summed E-state index contributed by atoms with van der Waals surface area (Å²) in [7, 11) is 0. The van der Waals surface area contributed by atoms with E-state index in [2.05, 4.69) is 16.7 Å². The molecule has 4 rings (SSSR count). The van der Waals surface area contributed by atoms with Crippen LogP contribution in [0.4, 0.5) is 4.39 Å². The Morgan fingerprint density at radius 2 is 1.70 bits per heavy atom. The van der Waals surface area contributed by atoms with Gasteiger partial charge < -0.3 is 14.7 Å². The molecule has 2 saturated heterocycles. The average molecular weight is 552 g/mol. The molecule has 202 valence electrons. The van der Waals surface area contributed by atoms with E-state index in [-0.39, 0.29) is 11.9 Å². The highest BCUT2D eigenvalue weighted by molar-refractivity contribution is 6.42. The first-order valence-corrected chi connectivity index (χ1v) is 14.0. The first-order chi connectivity index (χ1) is 17.7. The Hall–Kier alpha value is -1.86. The number of carboxylic acids is 1. The summed E-state index contributed by atoms with van der Waals surface area (Å²) in [4.78, 5) is 16.9. The van der Waals surface area contributed by atoms with Crippen LogP contribution in [0.1, 0.15) is 50.7 Å². The smallest absolute Gasteiger partial charge is 0.324 e. The average Bonchev–Trinajstić information content (AvgIpc) is 2.89. The Balaban J connectivity index is 1.25. The normalized spacial score (nSPS) is 20.0. The number of likely N-dealkylation sites (tertiary alicyclic amines) is 2. The van der Waals surface area contributed by atoms with Gasteiger partial charge in [0, 0.05) is 31.6 Å². The molecular formula is C29H37Cl2FN2O3. The minimum atomic E-state index is -1.000. The van der Waals surface area contributed by atoms with E-state index in [1.165, 1.54) is 12.1 Å². The zero-order valence-corrected chi connectivity index (χ0v) is 23.2. The molecule has 0 aliphatic carbocycles. The van der Waals surface area contributed by atoms with Gasteiger partial charge in [0.15, 0.2) is 0 Å². The number of aliphatic carboxylic acids is 1. The number of carboxylic acid groups (broad SMARTS) is 1. The molecule has 0 saturated carbocycles. The molecule has 0 radical (unpaired) electrons. The van der Waals surface area contributed by atoms with Crippen LogP contribution in [0.2, 0.25) is 10.0 Å². The molecule has 0 unspecified atom stereocenters. The van der Waals surface area contributed by atoms with E-state index in [4.69, 9.17) is 27.9 Å². The van der Waals surface area contributed by atoms with Crippen LogP contribution in [0, 0.1) is 11.7 Å². The number of hydrogen-bond donors (Lipinski definition) is 1. The summed E-state index contributed by atoms with van der Waals surface area (Å²) < 4.78 is 19.6. The zero-order chi connectivity index (χ0) is 26.6. The molecule has 0 bridgehead atoms. The molecule has 5 nitrogen and oxygen atoms in total. The molecule has 8 heteroatoms. The second-order valence-corrected chi connectivity index (χ2v) is 11.4. The van der Waals surface area contributed by atoms with Crippen molar-refractivity contribution in [3.05, 3.63) is 63.4 Å². The van der Waals surface area contributed by atoms with Crippen molar-refractivity contribution in [1.82, 2.24) is 9.80 Å². The molecule has 1 atom stereocenters. The molecule has 0 amide bonds. The predicted molar refractivity (Wildman–Crippen MR) is 146 cm³/mol. The fraction of sp³-hybridized carbons (Fsp3) is 0.552. The van der Waals surface area contributed by atoms with Crippen LogP contribution in [0.5, 0.6) is 5.75 Å². The van der Waals surface area contributed by atoms with Gasteiger partial charge in [-0.25, -0.2) is 4.39 Å². The highest BCUT2D eigenvalue weighted by Crippen LogP contribution is 2.35. The molecule has 2 aliphatic heterocycles. The Kier molecular flexibility index (Phi) is 9.38. The largest absolute Gasteiger partial charge is 0.490 e. The van der Waals surface area contributed by atoms with Gasteiger partial charge in [0.05, 0.1) is 10.0 Å². The summed E-state index contributed by atoms with van der Waals surface area (Å²) in [5, 5.41) is 11.2. The fourth-order valence-electron chi connectivity index (χ4n) is 5.70. The van der Waals surface area contributed by atoms with Crippen molar-refractivity contribution < 1.29 is 19.0 Å². The van der Waals surface area contributed by atoms with Crippen molar-refractivity contribution in [3.63, 3.8) is 0 Å². The van der Waals surface area contributed by atoms with Crippen LogP contribution in [0.25, 0.3) is 0 Å². The lowest BCUT2D eigenvalue weighted by atomic mass is 9.86. The van der Waals surface area contributed by atoms with Crippen LogP contribution in [0.3, 0.4) is 0 Å². The van der Waals surface area contributed by atoms with E-state index in [9.17, 15) is 14.3 Å². The van der Waals surface area contributed by atoms with Crippen LogP contribution in [-0.4, -0.2) is 65.2 Å². The van der Waals surface area contributed by atoms with Gasteiger partial charge in [-0.2, -0.15) is 0 Å². The zero-order valence-electron chi connectivity index (χ0n) is 21.7. The third kappa shape index (κ3) is 6.78. The third-order valence-electron chi connectivity index (χ3n) is 8.09. The molecule has 2 heterocycles. The molecule has 2 aromatic carbocycles. The maximum absolute atomic E-state index is 13.3. The van der Waals surface area contributed by atoms with Crippen molar-refractivity contribution in [2.75, 3.05) is 32.7 Å². The maximum atomic E-state index is 13.3. The van der Waals surface area contributed by atoms with E-state index >= 15 is 0 Å². The molecular weight excluding hydrogens is 514 g/mol. The monoisotopic (exact) mass is 550 g/mol. The van der Waals surface area contributed by atoms with E-state index in [0.29, 0.717) is 22.4 Å². The SMILES string of the molecule is CCc1c(OC2CCN(CC3CCN([C@@](C)(Cc4ccc(F)cc4)C(=O)O)CC3)CC2)ccc(Cl)c1Cl. The second kappa shape index (κ2) is 12.3. The Morgan fingerprint density at radius 1 is 1.05 bits per heavy atom. The maximum Gasteiger partial charge on any atom is 0.324 e. The van der Waals surface area contributed by atoms with Crippen molar-refractivity contribution in [2.45, 2.75) is 64.0 Å². The quantitative estimate of drug-likeness (QED) is 0.395. The lowest BCUT2D eigenvalue weighted by Gasteiger charge is -2.43. The van der Waals surface area contributed by atoms with Gasteiger partial charge in [0.25, 0.3) is 0 Å². The van der Waals surface area contributed by atoms with Gasteiger partial charge in [0.2, 0.25) is 0 Å². The highest BCUT2D eigenvalue weighted by Gasteiger charge is 2.41. The first-order valence-electron chi connectivity index (χ1n) is 13.3. The molecule has 37 heavy (non-hydrogen) atoms. The number of hydrogen-bond acceptors (Lipinski definition) is 4. The minimum absolute atomic E-state index is 0.170. The van der Waals surface area contributed by atoms with Gasteiger partial charge >= 0.3 is 5.97 Å². The highest BCUT2D eigenvalue weighted by atomic mass is 35.5. The van der Waals surface area contributed by atoms with Crippen molar-refractivity contribution in [2.24, 2.45) is 5.92 Å². The van der Waals surface area contributed by atoms with Gasteiger partial charge in [-0.1, -0.05) is 42.3 Å². The summed E-state index contributed by atoms with van der Waals surface area (Å²) in [5.74, 6) is 0.256. The first kappa shape index (κ1) is 28.2. The number of benzene rings is 2. The summed E-state index contributed by atoms with van der Waals surface area (Å²) in [6, 6.07) is 9.88. The summed E-state index contributed by atoms with van der Waals surface area (Å²) in [6.07, 6.45) is 5.20. The van der Waals surface area contributed by atoms with Gasteiger partial charge in [-0.15, -0.1) is 0 Å². The van der Waals surface area contributed by atoms with Crippen LogP contribution >= 0.6 is 23.2 Å². The van der Waals surface area contributed by atoms with Crippen LogP contribution in [0.15, 0.2) is 36.4 Å². The Bertz CT molecular complexity index is 1070. The minimum Gasteiger partial charge on any atom is -0.490 e. The standard InChI is InChI=1S/C29H37Cl2FN2O3/c1-3-24-26(9-8-25(30)27(24)31)37-23-12-14-33(15-13-23)19-21-10-16-34(17-11-21)29(2,28(35)36)18-20-4-6-22(32)7-5-20/h4-9,21,23H,3,10-19H2,1-2H3,(H,35,36)/t29-/m0/s1. The van der Waals surface area contributed by atoms with E-state index < -0.39 is 11.5 Å². The number of nitrogens with zero attached hydrogens (tertiary/aromatic N) is 2. The summed E-state index contributed by atoms with van der Waals surface area (Å²) in [6.45, 7) is 8.38. The molecule has 0 spiro atoms. The predicted octanol–water partition coefficient (Wildman–Crippen LogP) is 6.34. The van der Waals surface area contributed by atoms with Gasteiger partial charge in [-0.3, -0.25) is 9.69 Å². The van der Waals surface area contributed by atoms with E-state index in [1.807, 2.05) is 6.07 Å². The van der Waals surface area contributed by atoms with E-state index in [1.54, 1.807) is 25.1 Å². The number of ether oxygens (including phenoxy) is 1. The van der Waals surface area contributed by atoms with Crippen molar-refractivity contribution >= 4 is 29.2 Å². The molecule has 2 aromatic rings. The number of piperidine rings is 2. The van der Waals surface area contributed by atoms with Crippen LogP contribution in [-0.2, 0) is 17.6 Å². The van der Waals surface area contributed by atoms with Gasteiger partial charge in [0.1, 0.15) is 23.2 Å². The Labute approximate surface area is 229 Å². The van der Waals surface area contributed by atoms with E-state index in [0.717, 1.165) is 81.7 Å². The molecule has 2 fully saturated rings. The lowest BCUT2D eigenvalue weighted by Crippen LogP contribution is -2.57. The molecule has 0 aromatic heterocycles. The van der Waals surface area contributed by atoms with Crippen molar-refractivity contribution in [1.29, 1.82) is 0 Å². The summed E-state index contributed by atoms with van der Waals surface area (Å²) in [5.41, 5.74) is 0.807. The second-order valence-electron chi connectivity index (χ2n) is 10.6. The number of carbonyl (C=O) groups is 1. The topological polar surface area (TPSA) is 53.0 Å². The third-order valence-corrected chi connectivity index (χ3v) is 8.93. The number of rotatable bonds is 9.